The second kappa shape index (κ2) is 33.6. The van der Waals surface area contributed by atoms with Gasteiger partial charge in [-0.2, -0.15) is 0 Å². The van der Waals surface area contributed by atoms with Gasteiger partial charge in [-0.05, 0) is 125 Å². The number of phenols is 2. The second-order valence-corrected chi connectivity index (χ2v) is 36.9. The molecule has 0 unspecified atom stereocenters. The minimum Gasteiger partial charge on any atom is -0.507 e. The Balaban J connectivity index is 0.000000201. The number of fused-ring (bicyclic) bond motifs is 4. The smallest absolute Gasteiger partial charge is 0.148 e. The summed E-state index contributed by atoms with van der Waals surface area (Å²) in [5.41, 5.74) is 28.1. The van der Waals surface area contributed by atoms with Gasteiger partial charge in [-0.15, -0.1) is 58.7 Å². The first-order valence-corrected chi connectivity index (χ1v) is 41.2. The fourth-order valence-corrected chi connectivity index (χ4v) is 16.2. The van der Waals surface area contributed by atoms with Crippen LogP contribution in [0.2, 0.25) is 0 Å². The molecular formula is C108H108N6O2Pt2-2. The minimum atomic E-state index is -0.313. The number of rotatable bonds is 14. The third kappa shape index (κ3) is 16.8. The monoisotopic (exact) mass is 1910 g/mol. The van der Waals surface area contributed by atoms with Gasteiger partial charge in [0, 0.05) is 82.0 Å². The number of para-hydroxylation sites is 5. The molecular weight excluding hydrogens is 1800 g/mol. The van der Waals surface area contributed by atoms with Crippen LogP contribution in [0.5, 0.6) is 11.5 Å². The van der Waals surface area contributed by atoms with Crippen molar-refractivity contribution in [3.8, 4) is 113 Å². The predicted octanol–water partition coefficient (Wildman–Crippen LogP) is 29.2. The van der Waals surface area contributed by atoms with Gasteiger partial charge in [0.2, 0.25) is 0 Å². The predicted molar refractivity (Wildman–Crippen MR) is 488 cm³/mol. The van der Waals surface area contributed by atoms with E-state index in [9.17, 15) is 10.2 Å². The van der Waals surface area contributed by atoms with Gasteiger partial charge < -0.3 is 10.2 Å². The van der Waals surface area contributed by atoms with Gasteiger partial charge in [0.15, 0.2) is 0 Å². The largest absolute Gasteiger partial charge is 0.507 e. The average Bonchev–Trinajstić information content (AvgIpc) is 1.57. The van der Waals surface area contributed by atoms with Crippen molar-refractivity contribution in [2.24, 2.45) is 0 Å². The van der Waals surface area contributed by atoms with Crippen molar-refractivity contribution in [1.82, 2.24) is 29.1 Å². The summed E-state index contributed by atoms with van der Waals surface area (Å²) in [6, 6.07) is 95.7. The molecule has 0 aliphatic rings. The first-order chi connectivity index (χ1) is 55.2. The summed E-state index contributed by atoms with van der Waals surface area (Å²) in [7, 11) is 0. The van der Waals surface area contributed by atoms with Gasteiger partial charge in [0.25, 0.3) is 0 Å². The Morgan fingerprint density at radius 3 is 1.14 bits per heavy atom. The van der Waals surface area contributed by atoms with E-state index in [0.717, 1.165) is 156 Å². The number of aromatic hydroxyl groups is 2. The normalized spacial score (nSPS) is 12.1. The molecule has 12 aromatic carbocycles. The van der Waals surface area contributed by atoms with Gasteiger partial charge in [-0.3, -0.25) is 19.1 Å². The maximum absolute atomic E-state index is 12.5. The summed E-state index contributed by atoms with van der Waals surface area (Å²) in [6.07, 6.45) is 1.95. The zero-order chi connectivity index (χ0) is 82.2. The molecule has 0 fully saturated rings. The van der Waals surface area contributed by atoms with E-state index < -0.39 is 0 Å². The molecule has 8 nitrogen and oxygen atoms in total. The number of pyridine rings is 2. The minimum absolute atomic E-state index is 0. The Morgan fingerprint density at radius 2 is 0.712 bits per heavy atom. The van der Waals surface area contributed by atoms with Crippen LogP contribution < -0.4 is 0 Å². The number of benzene rings is 12. The molecule has 604 valence electrons. The van der Waals surface area contributed by atoms with Gasteiger partial charge in [-0.1, -0.05) is 355 Å². The molecule has 0 atom stereocenters. The molecule has 0 spiro atoms. The van der Waals surface area contributed by atoms with Gasteiger partial charge in [-0.25, -0.2) is 9.97 Å². The summed E-state index contributed by atoms with van der Waals surface area (Å²) in [5.74, 6) is 2.91. The van der Waals surface area contributed by atoms with Gasteiger partial charge >= 0.3 is 0 Å². The topological polar surface area (TPSA) is 102 Å². The van der Waals surface area contributed by atoms with Crippen molar-refractivity contribution in [2.45, 2.75) is 184 Å². The van der Waals surface area contributed by atoms with E-state index in [-0.39, 0.29) is 99.0 Å². The molecule has 0 amide bonds. The van der Waals surface area contributed by atoms with Crippen molar-refractivity contribution in [3.05, 3.63) is 312 Å². The Kier molecular flexibility index (Phi) is 24.3. The molecule has 0 bridgehead atoms. The average molecular weight is 1910 g/mol. The molecule has 4 aromatic heterocycles. The molecule has 16 aromatic rings. The van der Waals surface area contributed by atoms with Crippen LogP contribution in [0.1, 0.15) is 207 Å². The maximum atomic E-state index is 12.5. The SMILES string of the molecule is CC(C)c1cc(-c2cc3ccccc3cn2)[c-]c(-c2cccc3c2nc(-c2cc(C(C)(C)C)cc(C(C)(C)C)c2O)n3-c2c(-c3ccccc3)cccc2C(C)C)c1.CC(C)c1cc(-c2ccc3ccccc3n2)[c-]c(-c2cccc3c2nc(-c2cc(C(C)(C)C)cc(C(C)(C)C)c2O)n3-c2c(-c3ccccc3)cccc2C(C)C)c1.[Pt].[Pt]. The number of hydrogen-bond donors (Lipinski definition) is 2. The molecule has 0 saturated carbocycles. The molecule has 0 saturated heterocycles. The standard InChI is InChI=1S/2C54H54N3O.2Pt/c1-33(2)37-28-38(30-39(29-37)47-27-26-36-20-14-15-24-46(36)55-47)42-22-17-25-48-49(42)56-52(44-31-40(53(5,6)7)32-45(51(44)58)54(8,9)10)57(48)50-41(34(3)4)21-16-23-43(50)35-18-12-11-13-19-35;1-33(2)38-26-39(28-40(27-38)47-29-36-20-14-15-21-37(36)32-55-47)43-23-17-25-48-49(43)56-52(45-30-41(53(5,6)7)31-46(51(45)58)54(8,9)10)57(48)50-42(34(3)4)22-16-24-44(50)35-18-12-11-13-19-35;;/h11-29,31-34,58H,1-10H3;11-27,29-34,58H,1-10H3;;/q2*-1;;. The quantitative estimate of drug-likeness (QED) is 0.105. The van der Waals surface area contributed by atoms with Crippen LogP contribution in [-0.2, 0) is 63.8 Å². The molecule has 4 heterocycles. The van der Waals surface area contributed by atoms with E-state index in [1.54, 1.807) is 0 Å². The summed E-state index contributed by atoms with van der Waals surface area (Å²) in [4.78, 5) is 21.3. The maximum Gasteiger partial charge on any atom is 0.148 e. The first kappa shape index (κ1) is 85.3. The first-order valence-electron chi connectivity index (χ1n) is 41.2. The molecule has 0 aliphatic carbocycles. The second-order valence-electron chi connectivity index (χ2n) is 36.9. The van der Waals surface area contributed by atoms with Crippen molar-refractivity contribution >= 4 is 43.7 Å². The van der Waals surface area contributed by atoms with Crippen LogP contribution in [0.3, 0.4) is 0 Å². The summed E-state index contributed by atoms with van der Waals surface area (Å²) in [5, 5.41) is 28.3. The number of hydrogen-bond acceptors (Lipinski definition) is 6. The van der Waals surface area contributed by atoms with Crippen molar-refractivity contribution in [3.63, 3.8) is 0 Å². The van der Waals surface area contributed by atoms with Crippen LogP contribution >= 0.6 is 0 Å². The van der Waals surface area contributed by atoms with Gasteiger partial charge in [0.1, 0.15) is 23.1 Å². The molecule has 16 rings (SSSR count). The Bertz CT molecular complexity index is 6020. The van der Waals surface area contributed by atoms with Gasteiger partial charge in [0.05, 0.1) is 50.1 Å². The molecule has 10 heteroatoms. The Labute approximate surface area is 727 Å². The van der Waals surface area contributed by atoms with E-state index >= 15 is 0 Å². The van der Waals surface area contributed by atoms with E-state index in [4.69, 9.17) is 19.9 Å². The number of phenolic OH excluding ortho intramolecular Hbond substituents is 2. The van der Waals surface area contributed by atoms with Crippen molar-refractivity contribution < 1.29 is 52.3 Å². The zero-order valence-corrected chi connectivity index (χ0v) is 76.3. The zero-order valence-electron chi connectivity index (χ0n) is 71.8. The van der Waals surface area contributed by atoms with Crippen LogP contribution in [0.4, 0.5) is 0 Å². The Hall–Kier alpha value is -10.6. The number of imidazole rings is 2. The molecule has 0 aliphatic heterocycles. The van der Waals surface area contributed by atoms with Crippen LogP contribution in [0, 0.1) is 12.1 Å². The van der Waals surface area contributed by atoms with E-state index in [1.165, 1.54) is 22.3 Å². The summed E-state index contributed by atoms with van der Waals surface area (Å²) < 4.78 is 4.64. The van der Waals surface area contributed by atoms with Crippen LogP contribution in [0.25, 0.3) is 145 Å². The Morgan fingerprint density at radius 1 is 0.322 bits per heavy atom. The van der Waals surface area contributed by atoms with Crippen molar-refractivity contribution in [2.75, 3.05) is 0 Å². The molecule has 2 N–H and O–H groups in total. The third-order valence-electron chi connectivity index (χ3n) is 22.9. The fourth-order valence-electron chi connectivity index (χ4n) is 16.2. The van der Waals surface area contributed by atoms with Crippen LogP contribution in [-0.4, -0.2) is 39.3 Å². The van der Waals surface area contributed by atoms with E-state index in [0.29, 0.717) is 11.6 Å². The number of nitrogens with zero attached hydrogens (tertiary/aromatic N) is 6. The van der Waals surface area contributed by atoms with Crippen molar-refractivity contribution in [1.29, 1.82) is 0 Å². The van der Waals surface area contributed by atoms with E-state index in [2.05, 4.69) is 390 Å². The van der Waals surface area contributed by atoms with E-state index in [1.807, 2.05) is 24.4 Å². The van der Waals surface area contributed by atoms with Crippen LogP contribution in [0.15, 0.2) is 255 Å². The third-order valence-corrected chi connectivity index (χ3v) is 22.9. The summed E-state index contributed by atoms with van der Waals surface area (Å²) in [6.45, 7) is 44.3. The number of aromatic nitrogens is 6. The molecule has 0 radical (unpaired) electrons. The molecule has 118 heavy (non-hydrogen) atoms. The summed E-state index contributed by atoms with van der Waals surface area (Å²) >= 11 is 0. The fraction of sp³-hybridized carbons (Fsp3) is 0.259.